The Balaban J connectivity index is 2.07. The lowest BCUT2D eigenvalue weighted by atomic mass is 9.89. The van der Waals surface area contributed by atoms with E-state index in [0.717, 1.165) is 16.9 Å². The number of hydrogen-bond donors (Lipinski definition) is 2. The molecule has 96 valence electrons. The molecule has 18 heavy (non-hydrogen) atoms. The van der Waals surface area contributed by atoms with Gasteiger partial charge in [-0.3, -0.25) is 5.10 Å². The fourth-order valence-electron chi connectivity index (χ4n) is 1.86. The van der Waals surface area contributed by atoms with Gasteiger partial charge in [-0.15, -0.1) is 0 Å². The molecule has 1 heterocycles. The number of H-pyrrole nitrogens is 1. The van der Waals surface area contributed by atoms with Crippen LogP contribution in [0.1, 0.15) is 32.0 Å². The molecule has 0 amide bonds. The van der Waals surface area contributed by atoms with Crippen LogP contribution < -0.4 is 5.32 Å². The van der Waals surface area contributed by atoms with Gasteiger partial charge in [-0.2, -0.15) is 5.10 Å². The van der Waals surface area contributed by atoms with Gasteiger partial charge in [-0.25, -0.2) is 4.39 Å². The third-order valence-electron chi connectivity index (χ3n) is 2.80. The normalized spacial score (nSPS) is 11.6. The topological polar surface area (TPSA) is 40.7 Å². The summed E-state index contributed by atoms with van der Waals surface area (Å²) in [6, 6.07) is 6.35. The Morgan fingerprint density at radius 3 is 2.50 bits per heavy atom. The largest absolute Gasteiger partial charge is 0.381 e. The maximum atomic E-state index is 12.8. The third-order valence-corrected chi connectivity index (χ3v) is 2.80. The van der Waals surface area contributed by atoms with Crippen LogP contribution in [-0.2, 0) is 12.0 Å². The maximum Gasteiger partial charge on any atom is 0.123 e. The SMILES string of the molecule is CC(C)(C)c1[nH]ncc1CNc1ccc(F)cc1. The van der Waals surface area contributed by atoms with Crippen molar-refractivity contribution in [3.05, 3.63) is 47.5 Å². The van der Waals surface area contributed by atoms with Crippen LogP contribution in [0.25, 0.3) is 0 Å². The van der Waals surface area contributed by atoms with Crippen molar-refractivity contribution in [1.82, 2.24) is 10.2 Å². The molecule has 0 fully saturated rings. The lowest BCUT2D eigenvalue weighted by Crippen LogP contribution is -2.15. The number of aromatic amines is 1. The van der Waals surface area contributed by atoms with Crippen molar-refractivity contribution in [3.8, 4) is 0 Å². The second-order valence-corrected chi connectivity index (χ2v) is 5.38. The van der Waals surface area contributed by atoms with Gasteiger partial charge in [0, 0.05) is 28.9 Å². The zero-order valence-corrected chi connectivity index (χ0v) is 10.9. The Bertz CT molecular complexity index is 509. The van der Waals surface area contributed by atoms with Crippen LogP contribution in [0.15, 0.2) is 30.5 Å². The molecule has 2 N–H and O–H groups in total. The molecule has 1 aromatic heterocycles. The van der Waals surface area contributed by atoms with Crippen molar-refractivity contribution in [3.63, 3.8) is 0 Å². The van der Waals surface area contributed by atoms with Gasteiger partial charge in [-0.1, -0.05) is 20.8 Å². The minimum Gasteiger partial charge on any atom is -0.381 e. The molecule has 3 nitrogen and oxygen atoms in total. The van der Waals surface area contributed by atoms with E-state index in [9.17, 15) is 4.39 Å². The summed E-state index contributed by atoms with van der Waals surface area (Å²) in [5, 5.41) is 10.4. The molecule has 2 rings (SSSR count). The van der Waals surface area contributed by atoms with E-state index < -0.39 is 0 Å². The number of nitrogens with zero attached hydrogens (tertiary/aromatic N) is 1. The fourth-order valence-corrected chi connectivity index (χ4v) is 1.86. The van der Waals surface area contributed by atoms with E-state index in [4.69, 9.17) is 0 Å². The predicted molar refractivity (Wildman–Crippen MR) is 71.0 cm³/mol. The van der Waals surface area contributed by atoms with Crippen LogP contribution in [0.5, 0.6) is 0 Å². The van der Waals surface area contributed by atoms with Crippen LogP contribution in [-0.4, -0.2) is 10.2 Å². The average molecular weight is 247 g/mol. The number of rotatable bonds is 3. The molecule has 0 saturated carbocycles. The first-order valence-electron chi connectivity index (χ1n) is 5.99. The summed E-state index contributed by atoms with van der Waals surface area (Å²) >= 11 is 0. The zero-order valence-electron chi connectivity index (χ0n) is 10.9. The second kappa shape index (κ2) is 4.80. The molecular formula is C14H18FN3. The van der Waals surface area contributed by atoms with Crippen LogP contribution in [0.4, 0.5) is 10.1 Å². The lowest BCUT2D eigenvalue weighted by molar-refractivity contribution is 0.561. The molecule has 0 atom stereocenters. The summed E-state index contributed by atoms with van der Waals surface area (Å²) in [6.07, 6.45) is 1.83. The second-order valence-electron chi connectivity index (χ2n) is 5.38. The summed E-state index contributed by atoms with van der Waals surface area (Å²) in [7, 11) is 0. The quantitative estimate of drug-likeness (QED) is 0.872. The molecule has 0 bridgehead atoms. The Hall–Kier alpha value is -1.84. The monoisotopic (exact) mass is 247 g/mol. The number of aromatic nitrogens is 2. The first kappa shape index (κ1) is 12.6. The molecule has 1 aromatic carbocycles. The zero-order chi connectivity index (χ0) is 13.2. The van der Waals surface area contributed by atoms with Gasteiger partial charge in [0.15, 0.2) is 0 Å². The first-order chi connectivity index (χ1) is 8.47. The predicted octanol–water partition coefficient (Wildman–Crippen LogP) is 3.46. The third kappa shape index (κ3) is 2.88. The van der Waals surface area contributed by atoms with Gasteiger partial charge >= 0.3 is 0 Å². The van der Waals surface area contributed by atoms with Gasteiger partial charge in [-0.05, 0) is 24.3 Å². The Morgan fingerprint density at radius 1 is 1.22 bits per heavy atom. The van der Waals surface area contributed by atoms with E-state index in [2.05, 4.69) is 36.3 Å². The van der Waals surface area contributed by atoms with Gasteiger partial charge < -0.3 is 5.32 Å². The smallest absolute Gasteiger partial charge is 0.123 e. The molecular weight excluding hydrogens is 229 g/mol. The van der Waals surface area contributed by atoms with E-state index in [1.54, 1.807) is 12.1 Å². The van der Waals surface area contributed by atoms with Crippen LogP contribution >= 0.6 is 0 Å². The summed E-state index contributed by atoms with van der Waals surface area (Å²) in [4.78, 5) is 0. The summed E-state index contributed by atoms with van der Waals surface area (Å²) < 4.78 is 12.8. The molecule has 4 heteroatoms. The van der Waals surface area contributed by atoms with Crippen molar-refractivity contribution in [2.75, 3.05) is 5.32 Å². The minimum absolute atomic E-state index is 0.0380. The molecule has 2 aromatic rings. The van der Waals surface area contributed by atoms with Crippen molar-refractivity contribution in [2.45, 2.75) is 32.7 Å². The number of hydrogen-bond acceptors (Lipinski definition) is 2. The van der Waals surface area contributed by atoms with Crippen LogP contribution in [0.3, 0.4) is 0 Å². The molecule has 0 radical (unpaired) electrons. The molecule has 0 saturated heterocycles. The van der Waals surface area contributed by atoms with Gasteiger partial charge in [0.05, 0.1) is 6.20 Å². The Kier molecular flexibility index (Phi) is 3.36. The van der Waals surface area contributed by atoms with Gasteiger partial charge in [0.1, 0.15) is 5.82 Å². The number of anilines is 1. The van der Waals surface area contributed by atoms with E-state index in [-0.39, 0.29) is 11.2 Å². The average Bonchev–Trinajstić information content (AvgIpc) is 2.76. The molecule has 0 aliphatic carbocycles. The summed E-state index contributed by atoms with van der Waals surface area (Å²) in [5.41, 5.74) is 3.19. The van der Waals surface area contributed by atoms with Crippen molar-refractivity contribution in [1.29, 1.82) is 0 Å². The van der Waals surface area contributed by atoms with Gasteiger partial charge in [0.25, 0.3) is 0 Å². The standard InChI is InChI=1S/C14H18FN3/c1-14(2,3)13-10(9-17-18-13)8-16-12-6-4-11(15)5-7-12/h4-7,9,16H,8H2,1-3H3,(H,17,18). The molecule has 0 aliphatic rings. The van der Waals surface area contributed by atoms with E-state index in [0.29, 0.717) is 6.54 Å². The lowest BCUT2D eigenvalue weighted by Gasteiger charge is -2.18. The molecule has 0 spiro atoms. The number of halogens is 1. The number of benzene rings is 1. The van der Waals surface area contributed by atoms with E-state index in [1.165, 1.54) is 12.1 Å². The van der Waals surface area contributed by atoms with Crippen LogP contribution in [0, 0.1) is 5.82 Å². The van der Waals surface area contributed by atoms with E-state index in [1.807, 2.05) is 6.20 Å². The fraction of sp³-hybridized carbons (Fsp3) is 0.357. The summed E-state index contributed by atoms with van der Waals surface area (Å²) in [6.45, 7) is 7.10. The van der Waals surface area contributed by atoms with Crippen molar-refractivity contribution >= 4 is 5.69 Å². The van der Waals surface area contributed by atoms with Gasteiger partial charge in [0.2, 0.25) is 0 Å². The summed E-state index contributed by atoms with van der Waals surface area (Å²) in [5.74, 6) is -0.223. The van der Waals surface area contributed by atoms with Crippen LogP contribution in [0.2, 0.25) is 0 Å². The Morgan fingerprint density at radius 2 is 1.89 bits per heavy atom. The Labute approximate surface area is 106 Å². The maximum absolute atomic E-state index is 12.8. The highest BCUT2D eigenvalue weighted by Gasteiger charge is 2.19. The first-order valence-corrected chi connectivity index (χ1v) is 5.99. The molecule has 0 aliphatic heterocycles. The minimum atomic E-state index is -0.223. The molecule has 0 unspecified atom stereocenters. The highest BCUT2D eigenvalue weighted by molar-refractivity contribution is 5.44. The highest BCUT2D eigenvalue weighted by Crippen LogP contribution is 2.24. The van der Waals surface area contributed by atoms with Crippen molar-refractivity contribution < 1.29 is 4.39 Å². The van der Waals surface area contributed by atoms with Crippen molar-refractivity contribution in [2.24, 2.45) is 0 Å². The highest BCUT2D eigenvalue weighted by atomic mass is 19.1. The number of nitrogens with one attached hydrogen (secondary N) is 2. The van der Waals surface area contributed by atoms with E-state index >= 15 is 0 Å².